The number of ketones is 1. The van der Waals surface area contributed by atoms with Crippen LogP contribution in [0.25, 0.3) is 0 Å². The summed E-state index contributed by atoms with van der Waals surface area (Å²) in [4.78, 5) is 27.3. The number of carbonyl (C=O) groups is 2. The van der Waals surface area contributed by atoms with E-state index in [1.165, 1.54) is 12.1 Å². The molecule has 0 saturated heterocycles. The van der Waals surface area contributed by atoms with Gasteiger partial charge in [-0.3, -0.25) is 14.6 Å². The van der Waals surface area contributed by atoms with Gasteiger partial charge < -0.3 is 15.2 Å². The van der Waals surface area contributed by atoms with Gasteiger partial charge >= 0.3 is 0 Å². The van der Waals surface area contributed by atoms with Crippen LogP contribution in [-0.4, -0.2) is 23.3 Å². The fraction of sp³-hybridized carbons (Fsp3) is 0.136. The average Bonchev–Trinajstić information content (AvgIpc) is 2.74. The topological polar surface area (TPSA) is 91.5 Å². The third-order valence-electron chi connectivity index (χ3n) is 4.69. The van der Waals surface area contributed by atoms with Gasteiger partial charge in [0.15, 0.2) is 17.3 Å². The Balaban J connectivity index is 1.73. The molecule has 3 aromatic rings. The molecule has 2 aromatic carbocycles. The molecule has 0 spiro atoms. The number of hydrogen-bond donors (Lipinski definition) is 1. The minimum atomic E-state index is -0.719. The number of nitrogens with two attached hydrogens (primary N) is 1. The Labute approximate surface area is 166 Å². The van der Waals surface area contributed by atoms with Gasteiger partial charge in [-0.15, -0.1) is 0 Å². The van der Waals surface area contributed by atoms with Crippen molar-refractivity contribution in [3.05, 3.63) is 89.0 Å². The molecular weight excluding hydrogens is 375 g/mol. The van der Waals surface area contributed by atoms with E-state index < -0.39 is 17.8 Å². The smallest absolute Gasteiger partial charge is 0.248 e. The van der Waals surface area contributed by atoms with Gasteiger partial charge in [-0.25, -0.2) is 0 Å². The molecule has 0 saturated carbocycles. The first-order valence-electron chi connectivity index (χ1n) is 8.99. The van der Waals surface area contributed by atoms with Crippen LogP contribution in [0.2, 0.25) is 0 Å². The zero-order chi connectivity index (χ0) is 20.4. The first kappa shape index (κ1) is 18.6. The molecule has 0 bridgehead atoms. The molecule has 146 valence electrons. The van der Waals surface area contributed by atoms with Gasteiger partial charge in [0.25, 0.3) is 0 Å². The number of rotatable bonds is 5. The van der Waals surface area contributed by atoms with Crippen molar-refractivity contribution in [1.82, 2.24) is 4.98 Å². The Hall–Kier alpha value is -3.74. The summed E-state index contributed by atoms with van der Waals surface area (Å²) in [7, 11) is 0. The second-order valence-electron chi connectivity index (χ2n) is 6.54. The summed E-state index contributed by atoms with van der Waals surface area (Å²) in [6.07, 6.45) is 2.76. The molecule has 1 aromatic heterocycles. The molecule has 2 N–H and O–H groups in total. The van der Waals surface area contributed by atoms with Gasteiger partial charge in [0.05, 0.1) is 12.2 Å². The largest absolute Gasteiger partial charge is 0.489 e. The van der Waals surface area contributed by atoms with E-state index in [1.54, 1.807) is 48.8 Å². The van der Waals surface area contributed by atoms with Crippen LogP contribution in [0.3, 0.4) is 0 Å². The number of ether oxygens (including phenoxy) is 2. The number of primary amides is 1. The number of halogens is 1. The molecule has 2 heterocycles. The van der Waals surface area contributed by atoms with E-state index in [2.05, 4.69) is 4.98 Å². The summed E-state index contributed by atoms with van der Waals surface area (Å²) in [6.45, 7) is 0.134. The highest BCUT2D eigenvalue weighted by Crippen LogP contribution is 2.37. The fourth-order valence-electron chi connectivity index (χ4n) is 3.19. The lowest BCUT2D eigenvalue weighted by molar-refractivity contribution is 0.0927. The average molecular weight is 392 g/mol. The van der Waals surface area contributed by atoms with Crippen molar-refractivity contribution < 1.29 is 23.5 Å². The summed E-state index contributed by atoms with van der Waals surface area (Å²) in [5, 5.41) is 0. The van der Waals surface area contributed by atoms with Crippen molar-refractivity contribution in [2.45, 2.75) is 12.5 Å². The maximum atomic E-state index is 15.0. The number of fused-ring (bicyclic) bond motifs is 1. The molecule has 6 nitrogen and oxygen atoms in total. The number of pyridine rings is 1. The van der Waals surface area contributed by atoms with Gasteiger partial charge in [0.2, 0.25) is 11.7 Å². The molecule has 0 fully saturated rings. The number of amides is 1. The van der Waals surface area contributed by atoms with Gasteiger partial charge in [0.1, 0.15) is 6.10 Å². The third-order valence-corrected chi connectivity index (χ3v) is 4.69. The maximum Gasteiger partial charge on any atom is 0.248 e. The molecule has 1 amide bonds. The molecule has 0 aliphatic carbocycles. The van der Waals surface area contributed by atoms with Crippen LogP contribution in [0.5, 0.6) is 11.5 Å². The SMILES string of the molecule is NC(=O)c1ccc(C(Oc2ccc3c(c2F)OCCC3=O)c2ccncc2)cc1. The van der Waals surface area contributed by atoms with Gasteiger partial charge in [-0.05, 0) is 47.5 Å². The highest BCUT2D eigenvalue weighted by molar-refractivity contribution is 5.99. The van der Waals surface area contributed by atoms with Gasteiger partial charge in [0, 0.05) is 24.4 Å². The Bertz CT molecular complexity index is 1070. The minimum absolute atomic E-state index is 0.0424. The highest BCUT2D eigenvalue weighted by Gasteiger charge is 2.26. The van der Waals surface area contributed by atoms with E-state index in [4.69, 9.17) is 15.2 Å². The van der Waals surface area contributed by atoms with E-state index in [1.807, 2.05) is 0 Å². The lowest BCUT2D eigenvalue weighted by Crippen LogP contribution is -2.18. The van der Waals surface area contributed by atoms with Crippen LogP contribution in [0, 0.1) is 5.82 Å². The summed E-state index contributed by atoms with van der Waals surface area (Å²) in [5.74, 6) is -1.55. The van der Waals surface area contributed by atoms with Crippen molar-refractivity contribution in [2.75, 3.05) is 6.61 Å². The van der Waals surface area contributed by atoms with Crippen molar-refractivity contribution in [2.24, 2.45) is 5.73 Å². The van der Waals surface area contributed by atoms with Crippen LogP contribution in [-0.2, 0) is 0 Å². The number of hydrogen-bond acceptors (Lipinski definition) is 5. The molecular formula is C22H17FN2O4. The summed E-state index contributed by atoms with van der Waals surface area (Å²) in [5.41, 5.74) is 7.30. The number of nitrogens with zero attached hydrogens (tertiary/aromatic N) is 1. The molecule has 1 aliphatic rings. The molecule has 1 unspecified atom stereocenters. The quantitative estimate of drug-likeness (QED) is 0.718. The minimum Gasteiger partial charge on any atom is -0.489 e. The Morgan fingerprint density at radius 3 is 2.45 bits per heavy atom. The maximum absolute atomic E-state index is 15.0. The first-order chi connectivity index (χ1) is 14.0. The van der Waals surface area contributed by atoms with Crippen LogP contribution in [0.4, 0.5) is 4.39 Å². The molecule has 1 atom stereocenters. The van der Waals surface area contributed by atoms with Crippen molar-refractivity contribution in [3.63, 3.8) is 0 Å². The second-order valence-corrected chi connectivity index (χ2v) is 6.54. The van der Waals surface area contributed by atoms with Crippen LogP contribution >= 0.6 is 0 Å². The number of benzene rings is 2. The van der Waals surface area contributed by atoms with Crippen LogP contribution < -0.4 is 15.2 Å². The van der Waals surface area contributed by atoms with Crippen molar-refractivity contribution >= 4 is 11.7 Å². The normalized spacial score (nSPS) is 13.9. The Kier molecular flexibility index (Phi) is 4.95. The van der Waals surface area contributed by atoms with E-state index in [0.29, 0.717) is 11.1 Å². The van der Waals surface area contributed by atoms with Crippen molar-refractivity contribution in [1.29, 1.82) is 0 Å². The van der Waals surface area contributed by atoms with Gasteiger partial charge in [-0.1, -0.05) is 12.1 Å². The Morgan fingerprint density at radius 1 is 1.07 bits per heavy atom. The van der Waals surface area contributed by atoms with E-state index >= 15 is 4.39 Å². The van der Waals surface area contributed by atoms with Crippen molar-refractivity contribution in [3.8, 4) is 11.5 Å². The number of Topliss-reactive ketones (excluding diaryl/α,β-unsaturated/α-hetero) is 1. The molecule has 29 heavy (non-hydrogen) atoms. The zero-order valence-corrected chi connectivity index (χ0v) is 15.3. The van der Waals surface area contributed by atoms with E-state index in [-0.39, 0.29) is 35.9 Å². The summed E-state index contributed by atoms with van der Waals surface area (Å²) < 4.78 is 26.4. The number of carbonyl (C=O) groups excluding carboxylic acids is 2. The van der Waals surface area contributed by atoms with Crippen LogP contribution in [0.15, 0.2) is 60.9 Å². The summed E-state index contributed by atoms with van der Waals surface area (Å²) >= 11 is 0. The fourth-order valence-corrected chi connectivity index (χ4v) is 3.19. The summed E-state index contributed by atoms with van der Waals surface area (Å²) in [6, 6.07) is 13.0. The zero-order valence-electron chi connectivity index (χ0n) is 15.3. The Morgan fingerprint density at radius 2 is 1.76 bits per heavy atom. The van der Waals surface area contributed by atoms with E-state index in [0.717, 1.165) is 5.56 Å². The third kappa shape index (κ3) is 3.67. The predicted molar refractivity (Wildman–Crippen MR) is 103 cm³/mol. The lowest BCUT2D eigenvalue weighted by Gasteiger charge is -2.23. The van der Waals surface area contributed by atoms with Crippen LogP contribution in [0.1, 0.15) is 44.4 Å². The van der Waals surface area contributed by atoms with E-state index in [9.17, 15) is 9.59 Å². The molecule has 4 rings (SSSR count). The number of aromatic nitrogens is 1. The molecule has 0 radical (unpaired) electrons. The second kappa shape index (κ2) is 7.71. The highest BCUT2D eigenvalue weighted by atomic mass is 19.1. The monoisotopic (exact) mass is 392 g/mol. The first-order valence-corrected chi connectivity index (χ1v) is 8.99. The standard InChI is InChI=1S/C22H17FN2O4/c23-19-18(6-5-16-17(26)9-12-28-21(16)19)29-20(14-7-10-25-11-8-14)13-1-3-15(4-2-13)22(24)27/h1-8,10-11,20H,9,12H2,(H2,24,27). The molecule has 7 heteroatoms. The van der Waals surface area contributed by atoms with Gasteiger partial charge in [-0.2, -0.15) is 4.39 Å². The lowest BCUT2D eigenvalue weighted by atomic mass is 10.0. The molecule has 1 aliphatic heterocycles. The predicted octanol–water partition coefficient (Wildman–Crippen LogP) is 3.45.